The van der Waals surface area contributed by atoms with E-state index in [9.17, 15) is 0 Å². The second kappa shape index (κ2) is 5.00. The molecule has 0 unspecified atom stereocenters. The monoisotopic (exact) mass is 267 g/mol. The smallest absolute Gasteiger partial charge is 0.238 e. The molecular weight excluding hydrogens is 254 g/mol. The molecule has 6 heteroatoms. The Morgan fingerprint density at radius 2 is 1.85 bits per heavy atom. The molecule has 0 saturated carbocycles. The van der Waals surface area contributed by atoms with Crippen molar-refractivity contribution in [2.24, 2.45) is 0 Å². The van der Waals surface area contributed by atoms with E-state index >= 15 is 0 Å². The van der Waals surface area contributed by atoms with Gasteiger partial charge in [-0.15, -0.1) is 0 Å². The van der Waals surface area contributed by atoms with Crippen molar-refractivity contribution in [2.45, 2.75) is 0 Å². The Balaban J connectivity index is 2.07. The third-order valence-corrected chi connectivity index (χ3v) is 2.85. The highest BCUT2D eigenvalue weighted by Crippen LogP contribution is 2.21. The first-order chi connectivity index (χ1) is 9.78. The van der Waals surface area contributed by atoms with Crippen LogP contribution in [0, 0.1) is 0 Å². The molecule has 100 valence electrons. The summed E-state index contributed by atoms with van der Waals surface area (Å²) in [6.07, 6.45) is 5.16. The lowest BCUT2D eigenvalue weighted by Gasteiger charge is -2.07. The molecule has 2 heterocycles. The van der Waals surface area contributed by atoms with Gasteiger partial charge in [0.2, 0.25) is 11.8 Å². The van der Waals surface area contributed by atoms with Gasteiger partial charge in [-0.25, -0.2) is 9.97 Å². The predicted octanol–water partition coefficient (Wildman–Crippen LogP) is 1.92. The van der Waals surface area contributed by atoms with Crippen LogP contribution in [0.25, 0.3) is 17.3 Å². The Bertz CT molecular complexity index is 720. The molecule has 0 fully saturated rings. The maximum absolute atomic E-state index is 5.70. The van der Waals surface area contributed by atoms with Gasteiger partial charge in [0.15, 0.2) is 0 Å². The number of nitrogens with zero attached hydrogens (tertiary/aromatic N) is 4. The first-order valence-electron chi connectivity index (χ1n) is 6.04. The summed E-state index contributed by atoms with van der Waals surface area (Å²) in [6.45, 7) is 0. The highest BCUT2D eigenvalue weighted by atomic mass is 16.5. The van der Waals surface area contributed by atoms with Crippen LogP contribution in [0.1, 0.15) is 0 Å². The number of ether oxygens (including phenoxy) is 1. The zero-order valence-electron chi connectivity index (χ0n) is 10.9. The van der Waals surface area contributed by atoms with Crippen molar-refractivity contribution >= 4 is 5.69 Å². The fourth-order valence-corrected chi connectivity index (χ4v) is 1.87. The van der Waals surface area contributed by atoms with E-state index in [-0.39, 0.29) is 0 Å². The molecule has 0 bridgehead atoms. The highest BCUT2D eigenvalue weighted by molar-refractivity contribution is 5.60. The Hall–Kier alpha value is -2.89. The predicted molar refractivity (Wildman–Crippen MR) is 75.6 cm³/mol. The quantitative estimate of drug-likeness (QED) is 0.733. The third kappa shape index (κ3) is 2.18. The number of methoxy groups -OCH3 is 1. The molecule has 1 aromatic carbocycles. The molecule has 0 saturated heterocycles. The number of benzene rings is 1. The van der Waals surface area contributed by atoms with Crippen molar-refractivity contribution < 1.29 is 4.74 Å². The molecule has 0 aliphatic heterocycles. The van der Waals surface area contributed by atoms with Crippen LogP contribution >= 0.6 is 0 Å². The van der Waals surface area contributed by atoms with E-state index in [4.69, 9.17) is 10.5 Å². The first-order valence-corrected chi connectivity index (χ1v) is 6.04. The van der Waals surface area contributed by atoms with Crippen LogP contribution in [0.4, 0.5) is 5.69 Å². The minimum Gasteiger partial charge on any atom is -0.481 e. The van der Waals surface area contributed by atoms with E-state index in [1.807, 2.05) is 24.3 Å². The van der Waals surface area contributed by atoms with E-state index in [2.05, 4.69) is 15.0 Å². The zero-order chi connectivity index (χ0) is 13.9. The van der Waals surface area contributed by atoms with Gasteiger partial charge < -0.3 is 10.5 Å². The molecule has 0 aliphatic rings. The third-order valence-electron chi connectivity index (χ3n) is 2.85. The van der Waals surface area contributed by atoms with Crippen molar-refractivity contribution in [3.63, 3.8) is 0 Å². The number of aromatic nitrogens is 4. The SMILES string of the molecule is COc1ccnc(-n2ccnc2-c2ccc(N)cc2)n1. The Kier molecular flexibility index (Phi) is 3.04. The largest absolute Gasteiger partial charge is 0.481 e. The molecule has 20 heavy (non-hydrogen) atoms. The molecule has 2 aromatic heterocycles. The van der Waals surface area contributed by atoms with Crippen molar-refractivity contribution in [2.75, 3.05) is 12.8 Å². The summed E-state index contributed by atoms with van der Waals surface area (Å²) in [7, 11) is 1.57. The molecule has 0 amide bonds. The molecule has 6 nitrogen and oxygen atoms in total. The number of hydrogen-bond donors (Lipinski definition) is 1. The van der Waals surface area contributed by atoms with Crippen molar-refractivity contribution in [1.82, 2.24) is 19.5 Å². The summed E-state index contributed by atoms with van der Waals surface area (Å²) in [5, 5.41) is 0. The minimum absolute atomic E-state index is 0.506. The molecule has 0 aliphatic carbocycles. The standard InChI is InChI=1S/C14H13N5O/c1-20-12-6-7-17-14(18-12)19-9-8-16-13(19)10-2-4-11(15)5-3-10/h2-9H,15H2,1H3. The summed E-state index contributed by atoms with van der Waals surface area (Å²) in [4.78, 5) is 12.9. The van der Waals surface area contributed by atoms with Gasteiger partial charge in [0.1, 0.15) is 5.82 Å². The zero-order valence-corrected chi connectivity index (χ0v) is 10.9. The van der Waals surface area contributed by atoms with Crippen LogP contribution < -0.4 is 10.5 Å². The average Bonchev–Trinajstić information content (AvgIpc) is 2.97. The van der Waals surface area contributed by atoms with E-state index in [1.165, 1.54) is 0 Å². The number of anilines is 1. The summed E-state index contributed by atoms with van der Waals surface area (Å²) in [5.74, 6) is 1.76. The summed E-state index contributed by atoms with van der Waals surface area (Å²) in [5.41, 5.74) is 7.35. The Morgan fingerprint density at radius 1 is 1.05 bits per heavy atom. The second-order valence-corrected chi connectivity index (χ2v) is 4.14. The summed E-state index contributed by atoms with van der Waals surface area (Å²) < 4.78 is 6.91. The van der Waals surface area contributed by atoms with Gasteiger partial charge in [-0.1, -0.05) is 0 Å². The minimum atomic E-state index is 0.506. The average molecular weight is 267 g/mol. The second-order valence-electron chi connectivity index (χ2n) is 4.14. The van der Waals surface area contributed by atoms with Crippen LogP contribution in [0.2, 0.25) is 0 Å². The van der Waals surface area contributed by atoms with E-state index in [0.717, 1.165) is 11.4 Å². The van der Waals surface area contributed by atoms with Gasteiger partial charge in [0, 0.05) is 35.9 Å². The van der Waals surface area contributed by atoms with Crippen molar-refractivity contribution in [3.05, 3.63) is 48.9 Å². The number of nitrogen functional groups attached to an aromatic ring is 1. The van der Waals surface area contributed by atoms with Gasteiger partial charge >= 0.3 is 0 Å². The number of rotatable bonds is 3. The van der Waals surface area contributed by atoms with Gasteiger partial charge in [-0.05, 0) is 24.3 Å². The maximum Gasteiger partial charge on any atom is 0.238 e. The van der Waals surface area contributed by atoms with Crippen LogP contribution in [-0.2, 0) is 0 Å². The van der Waals surface area contributed by atoms with Crippen LogP contribution in [0.15, 0.2) is 48.9 Å². The normalized spacial score (nSPS) is 10.4. The molecule has 3 rings (SSSR count). The lowest BCUT2D eigenvalue weighted by Crippen LogP contribution is -2.03. The fourth-order valence-electron chi connectivity index (χ4n) is 1.87. The number of hydrogen-bond acceptors (Lipinski definition) is 5. The molecule has 2 N–H and O–H groups in total. The van der Waals surface area contributed by atoms with E-state index in [0.29, 0.717) is 17.5 Å². The maximum atomic E-state index is 5.70. The summed E-state index contributed by atoms with van der Waals surface area (Å²) in [6, 6.07) is 9.19. The topological polar surface area (TPSA) is 78.8 Å². The fraction of sp³-hybridized carbons (Fsp3) is 0.0714. The lowest BCUT2D eigenvalue weighted by molar-refractivity contribution is 0.396. The number of nitrogens with two attached hydrogens (primary N) is 1. The van der Waals surface area contributed by atoms with Crippen LogP contribution in [-0.4, -0.2) is 26.6 Å². The van der Waals surface area contributed by atoms with Crippen molar-refractivity contribution in [1.29, 1.82) is 0 Å². The first kappa shape index (κ1) is 12.2. The van der Waals surface area contributed by atoms with E-state index in [1.54, 1.807) is 36.3 Å². The molecule has 0 atom stereocenters. The van der Waals surface area contributed by atoms with Gasteiger partial charge in [0.05, 0.1) is 7.11 Å². The van der Waals surface area contributed by atoms with Crippen molar-refractivity contribution in [3.8, 4) is 23.2 Å². The van der Waals surface area contributed by atoms with Gasteiger partial charge in [0.25, 0.3) is 0 Å². The molecule has 3 aromatic rings. The molecule has 0 radical (unpaired) electrons. The van der Waals surface area contributed by atoms with Gasteiger partial charge in [-0.2, -0.15) is 4.98 Å². The van der Waals surface area contributed by atoms with Crippen LogP contribution in [0.3, 0.4) is 0 Å². The molecule has 0 spiro atoms. The summed E-state index contributed by atoms with van der Waals surface area (Å²) >= 11 is 0. The Morgan fingerprint density at radius 3 is 2.60 bits per heavy atom. The number of imidazole rings is 1. The highest BCUT2D eigenvalue weighted by Gasteiger charge is 2.10. The van der Waals surface area contributed by atoms with Crippen LogP contribution in [0.5, 0.6) is 5.88 Å². The molecular formula is C14H13N5O. The van der Waals surface area contributed by atoms with E-state index < -0.39 is 0 Å². The lowest BCUT2D eigenvalue weighted by atomic mass is 10.2. The Labute approximate surface area is 115 Å². The van der Waals surface area contributed by atoms with Gasteiger partial charge in [-0.3, -0.25) is 4.57 Å².